The van der Waals surface area contributed by atoms with Gasteiger partial charge in [-0.2, -0.15) is 0 Å². The molecule has 1 amide bonds. The fourth-order valence-corrected chi connectivity index (χ4v) is 3.53. The van der Waals surface area contributed by atoms with Gasteiger partial charge in [-0.25, -0.2) is 9.97 Å². The average molecular weight is 350 g/mol. The van der Waals surface area contributed by atoms with Crippen LogP contribution in [-0.4, -0.2) is 45.0 Å². The minimum atomic E-state index is -0.0279. The minimum Gasteiger partial charge on any atom is -0.356 e. The van der Waals surface area contributed by atoms with E-state index in [2.05, 4.69) is 37.1 Å². The number of aromatic amines is 1. The van der Waals surface area contributed by atoms with Crippen LogP contribution in [0, 0.1) is 13.8 Å². The molecule has 4 rings (SSSR count). The van der Waals surface area contributed by atoms with E-state index in [0.29, 0.717) is 5.56 Å². The molecule has 3 aromatic heterocycles. The number of aryl methyl sites for hydroxylation is 2. The minimum absolute atomic E-state index is 0.0279. The summed E-state index contributed by atoms with van der Waals surface area (Å²) in [5.74, 6) is 0.947. The molecule has 1 fully saturated rings. The lowest BCUT2D eigenvalue weighted by molar-refractivity contribution is 0.0931. The molecule has 0 unspecified atom stereocenters. The number of hydrogen-bond acceptors (Lipinski definition) is 5. The van der Waals surface area contributed by atoms with Crippen LogP contribution < -0.4 is 10.2 Å². The molecule has 2 N–H and O–H groups in total. The largest absolute Gasteiger partial charge is 0.356 e. The monoisotopic (exact) mass is 350 g/mol. The van der Waals surface area contributed by atoms with Crippen molar-refractivity contribution in [3.63, 3.8) is 0 Å². The maximum atomic E-state index is 12.4. The van der Waals surface area contributed by atoms with Crippen LogP contribution in [-0.2, 0) is 0 Å². The SMILES string of the molecule is Cc1cc(C(=O)NC2CCN(c3ncnc4[nH]cc(C)c34)CC2)ccn1. The first-order chi connectivity index (χ1) is 12.6. The molecule has 0 atom stereocenters. The lowest BCUT2D eigenvalue weighted by Crippen LogP contribution is -2.45. The molecule has 1 aliphatic rings. The highest BCUT2D eigenvalue weighted by molar-refractivity contribution is 5.94. The number of carbonyl (C=O) groups excluding carboxylic acids is 1. The molecule has 7 heteroatoms. The van der Waals surface area contributed by atoms with Gasteiger partial charge in [-0.15, -0.1) is 0 Å². The van der Waals surface area contributed by atoms with Crippen LogP contribution in [0.3, 0.4) is 0 Å². The first-order valence-electron chi connectivity index (χ1n) is 8.89. The van der Waals surface area contributed by atoms with Crippen molar-refractivity contribution in [1.29, 1.82) is 0 Å². The molecule has 134 valence electrons. The van der Waals surface area contributed by atoms with Crippen molar-refractivity contribution in [2.75, 3.05) is 18.0 Å². The van der Waals surface area contributed by atoms with Gasteiger partial charge in [0.05, 0.1) is 5.39 Å². The molecule has 1 saturated heterocycles. The second kappa shape index (κ2) is 6.74. The lowest BCUT2D eigenvalue weighted by Gasteiger charge is -2.33. The van der Waals surface area contributed by atoms with Crippen molar-refractivity contribution in [3.05, 3.63) is 47.7 Å². The number of H-pyrrole nitrogens is 1. The molecule has 0 spiro atoms. The summed E-state index contributed by atoms with van der Waals surface area (Å²) in [6, 6.07) is 3.75. The van der Waals surface area contributed by atoms with Crippen molar-refractivity contribution < 1.29 is 4.79 Å². The van der Waals surface area contributed by atoms with Crippen LogP contribution >= 0.6 is 0 Å². The number of nitrogens with zero attached hydrogens (tertiary/aromatic N) is 4. The summed E-state index contributed by atoms with van der Waals surface area (Å²) in [6.45, 7) is 5.67. The van der Waals surface area contributed by atoms with E-state index in [4.69, 9.17) is 0 Å². The summed E-state index contributed by atoms with van der Waals surface area (Å²) in [5, 5.41) is 4.23. The third-order valence-electron chi connectivity index (χ3n) is 4.94. The molecule has 4 heterocycles. The summed E-state index contributed by atoms with van der Waals surface area (Å²) in [5.41, 5.74) is 3.54. The number of anilines is 1. The summed E-state index contributed by atoms with van der Waals surface area (Å²) >= 11 is 0. The molecule has 26 heavy (non-hydrogen) atoms. The summed E-state index contributed by atoms with van der Waals surface area (Å²) in [7, 11) is 0. The zero-order valence-electron chi connectivity index (χ0n) is 15.0. The van der Waals surface area contributed by atoms with Gasteiger partial charge in [-0.3, -0.25) is 9.78 Å². The Balaban J connectivity index is 1.42. The Morgan fingerprint density at radius 1 is 1.23 bits per heavy atom. The van der Waals surface area contributed by atoms with Crippen molar-refractivity contribution >= 4 is 22.8 Å². The van der Waals surface area contributed by atoms with Gasteiger partial charge < -0.3 is 15.2 Å². The van der Waals surface area contributed by atoms with Crippen LogP contribution in [0.15, 0.2) is 30.9 Å². The second-order valence-electron chi connectivity index (χ2n) is 6.81. The molecule has 3 aromatic rings. The zero-order chi connectivity index (χ0) is 18.1. The summed E-state index contributed by atoms with van der Waals surface area (Å²) in [6.07, 6.45) is 7.03. The fourth-order valence-electron chi connectivity index (χ4n) is 3.53. The van der Waals surface area contributed by atoms with E-state index in [0.717, 1.165) is 54.0 Å². The third-order valence-corrected chi connectivity index (χ3v) is 4.94. The van der Waals surface area contributed by atoms with Gasteiger partial charge in [0.2, 0.25) is 0 Å². The molecular formula is C19H22N6O. The molecule has 0 aromatic carbocycles. The van der Waals surface area contributed by atoms with Crippen LogP contribution in [0.25, 0.3) is 11.0 Å². The van der Waals surface area contributed by atoms with E-state index in [-0.39, 0.29) is 11.9 Å². The van der Waals surface area contributed by atoms with E-state index in [1.165, 1.54) is 0 Å². The number of piperidine rings is 1. The lowest BCUT2D eigenvalue weighted by atomic mass is 10.0. The van der Waals surface area contributed by atoms with Crippen molar-refractivity contribution in [1.82, 2.24) is 25.3 Å². The smallest absolute Gasteiger partial charge is 0.251 e. The van der Waals surface area contributed by atoms with E-state index in [9.17, 15) is 4.79 Å². The normalized spacial score (nSPS) is 15.4. The van der Waals surface area contributed by atoms with Crippen molar-refractivity contribution in [3.8, 4) is 0 Å². The number of aromatic nitrogens is 4. The van der Waals surface area contributed by atoms with Gasteiger partial charge in [-0.05, 0) is 44.4 Å². The number of pyridine rings is 1. The summed E-state index contributed by atoms with van der Waals surface area (Å²) in [4.78, 5) is 30.8. The van der Waals surface area contributed by atoms with Gasteiger partial charge in [-0.1, -0.05) is 0 Å². The predicted molar refractivity (Wildman–Crippen MR) is 100 cm³/mol. The fraction of sp³-hybridized carbons (Fsp3) is 0.368. The van der Waals surface area contributed by atoms with E-state index in [1.807, 2.05) is 19.2 Å². The Labute approximate surface area is 151 Å². The highest BCUT2D eigenvalue weighted by atomic mass is 16.1. The molecule has 0 aliphatic carbocycles. The Morgan fingerprint density at radius 2 is 2.04 bits per heavy atom. The standard InChI is InChI=1S/C19H22N6O/c1-12-10-21-17-16(12)18(23-11-22-17)25-7-4-15(5-8-25)24-19(26)14-3-6-20-13(2)9-14/h3,6,9-11,15H,4-5,7-8H2,1-2H3,(H,24,26)(H,21,22,23). The van der Waals surface area contributed by atoms with E-state index < -0.39 is 0 Å². The van der Waals surface area contributed by atoms with Gasteiger partial charge in [0.15, 0.2) is 0 Å². The number of nitrogens with one attached hydrogen (secondary N) is 2. The number of rotatable bonds is 3. The van der Waals surface area contributed by atoms with Gasteiger partial charge in [0, 0.05) is 42.8 Å². The van der Waals surface area contributed by atoms with Gasteiger partial charge in [0.1, 0.15) is 17.8 Å². The molecule has 7 nitrogen and oxygen atoms in total. The molecule has 1 aliphatic heterocycles. The Kier molecular flexibility index (Phi) is 4.28. The molecule has 0 saturated carbocycles. The topological polar surface area (TPSA) is 86.8 Å². The molecule has 0 bridgehead atoms. The molecular weight excluding hydrogens is 328 g/mol. The Bertz CT molecular complexity index is 942. The van der Waals surface area contributed by atoms with Crippen LogP contribution in [0.2, 0.25) is 0 Å². The van der Waals surface area contributed by atoms with Gasteiger partial charge >= 0.3 is 0 Å². The zero-order valence-corrected chi connectivity index (χ0v) is 15.0. The highest BCUT2D eigenvalue weighted by Crippen LogP contribution is 2.27. The molecule has 0 radical (unpaired) electrons. The number of hydrogen-bond donors (Lipinski definition) is 2. The number of carbonyl (C=O) groups is 1. The van der Waals surface area contributed by atoms with Crippen LogP contribution in [0.5, 0.6) is 0 Å². The Hall–Kier alpha value is -2.96. The number of fused-ring (bicyclic) bond motifs is 1. The summed E-state index contributed by atoms with van der Waals surface area (Å²) < 4.78 is 0. The number of amides is 1. The predicted octanol–water partition coefficient (Wildman–Crippen LogP) is 2.37. The second-order valence-corrected chi connectivity index (χ2v) is 6.81. The first-order valence-corrected chi connectivity index (χ1v) is 8.89. The highest BCUT2D eigenvalue weighted by Gasteiger charge is 2.24. The quantitative estimate of drug-likeness (QED) is 0.757. The van der Waals surface area contributed by atoms with Crippen LogP contribution in [0.1, 0.15) is 34.5 Å². The van der Waals surface area contributed by atoms with Crippen molar-refractivity contribution in [2.45, 2.75) is 32.7 Å². The average Bonchev–Trinajstić information content (AvgIpc) is 3.04. The van der Waals surface area contributed by atoms with Crippen molar-refractivity contribution in [2.24, 2.45) is 0 Å². The maximum absolute atomic E-state index is 12.4. The van der Waals surface area contributed by atoms with Crippen LogP contribution in [0.4, 0.5) is 5.82 Å². The van der Waals surface area contributed by atoms with E-state index >= 15 is 0 Å². The van der Waals surface area contributed by atoms with E-state index in [1.54, 1.807) is 18.6 Å². The van der Waals surface area contributed by atoms with Gasteiger partial charge in [0.25, 0.3) is 5.91 Å². The third kappa shape index (κ3) is 3.12. The maximum Gasteiger partial charge on any atom is 0.251 e. The Morgan fingerprint density at radius 3 is 2.81 bits per heavy atom. The first kappa shape index (κ1) is 16.5.